The van der Waals surface area contributed by atoms with E-state index in [1.54, 1.807) is 0 Å². The number of halogens is 1. The van der Waals surface area contributed by atoms with Crippen molar-refractivity contribution in [1.82, 2.24) is 4.90 Å². The van der Waals surface area contributed by atoms with Crippen LogP contribution in [0.3, 0.4) is 0 Å². The van der Waals surface area contributed by atoms with Gasteiger partial charge in [-0.3, -0.25) is 4.90 Å². The Morgan fingerprint density at radius 2 is 2.19 bits per heavy atom. The Balaban J connectivity index is 2.17. The molecule has 0 saturated heterocycles. The van der Waals surface area contributed by atoms with E-state index < -0.39 is 0 Å². The van der Waals surface area contributed by atoms with Gasteiger partial charge >= 0.3 is 0 Å². The van der Waals surface area contributed by atoms with Crippen LogP contribution in [0.1, 0.15) is 25.5 Å². The van der Waals surface area contributed by atoms with Crippen LogP contribution in [0.2, 0.25) is 0 Å². The molecule has 0 aromatic heterocycles. The number of hydrogen-bond acceptors (Lipinski definition) is 5. The highest BCUT2D eigenvalue weighted by atomic mass is 79.9. The second-order valence-electron chi connectivity index (χ2n) is 4.81. The van der Waals surface area contributed by atoms with E-state index in [0.29, 0.717) is 13.2 Å². The molecule has 1 aromatic carbocycles. The van der Waals surface area contributed by atoms with Crippen molar-refractivity contribution < 1.29 is 14.2 Å². The molecule has 1 aromatic rings. The molecule has 21 heavy (non-hydrogen) atoms. The van der Waals surface area contributed by atoms with Crippen molar-refractivity contribution in [2.75, 3.05) is 39.6 Å². The van der Waals surface area contributed by atoms with Gasteiger partial charge in [0.2, 0.25) is 6.79 Å². The summed E-state index contributed by atoms with van der Waals surface area (Å²) in [4.78, 5) is 2.32. The largest absolute Gasteiger partial charge is 0.454 e. The molecule has 118 valence electrons. The molecule has 0 spiro atoms. The van der Waals surface area contributed by atoms with Crippen molar-refractivity contribution in [1.29, 1.82) is 0 Å². The maximum absolute atomic E-state index is 6.01. The SMILES string of the molecule is CCOCCN(CC)C(CN)c1cc(Br)c2c(c1)OCO2. The lowest BCUT2D eigenvalue weighted by Gasteiger charge is -2.30. The fraction of sp³-hybridized carbons (Fsp3) is 0.600. The number of benzene rings is 1. The van der Waals surface area contributed by atoms with E-state index in [1.807, 2.05) is 13.0 Å². The lowest BCUT2D eigenvalue weighted by Crippen LogP contribution is -2.36. The molecule has 2 rings (SSSR count). The Morgan fingerprint density at radius 3 is 2.86 bits per heavy atom. The molecule has 1 aliphatic rings. The number of likely N-dealkylation sites (N-methyl/N-ethyl adjacent to an activating group) is 1. The van der Waals surface area contributed by atoms with Crippen molar-refractivity contribution in [2.24, 2.45) is 5.73 Å². The van der Waals surface area contributed by atoms with Gasteiger partial charge in [0.1, 0.15) is 0 Å². The van der Waals surface area contributed by atoms with Gasteiger partial charge in [0.05, 0.1) is 11.1 Å². The van der Waals surface area contributed by atoms with Crippen molar-refractivity contribution in [2.45, 2.75) is 19.9 Å². The average molecular weight is 359 g/mol. The molecule has 1 heterocycles. The topological polar surface area (TPSA) is 57.0 Å². The normalized spacial score (nSPS) is 14.7. The molecule has 2 N–H and O–H groups in total. The summed E-state index contributed by atoms with van der Waals surface area (Å²) in [6.07, 6.45) is 0. The van der Waals surface area contributed by atoms with Crippen LogP contribution in [0, 0.1) is 0 Å². The number of hydrogen-bond donors (Lipinski definition) is 1. The average Bonchev–Trinajstić information content (AvgIpc) is 2.95. The summed E-state index contributed by atoms with van der Waals surface area (Å²) in [5, 5.41) is 0. The third-order valence-corrected chi connectivity index (χ3v) is 4.22. The van der Waals surface area contributed by atoms with Crippen molar-refractivity contribution in [3.8, 4) is 11.5 Å². The minimum atomic E-state index is 0.140. The number of nitrogens with two attached hydrogens (primary N) is 1. The van der Waals surface area contributed by atoms with E-state index in [-0.39, 0.29) is 12.8 Å². The fourth-order valence-corrected chi connectivity index (χ4v) is 3.11. The van der Waals surface area contributed by atoms with E-state index in [0.717, 1.165) is 41.2 Å². The van der Waals surface area contributed by atoms with Gasteiger partial charge in [-0.1, -0.05) is 6.92 Å². The number of rotatable bonds is 8. The van der Waals surface area contributed by atoms with E-state index >= 15 is 0 Å². The third kappa shape index (κ3) is 3.88. The first kappa shape index (κ1) is 16.5. The maximum Gasteiger partial charge on any atom is 0.231 e. The van der Waals surface area contributed by atoms with Crippen LogP contribution in [0.15, 0.2) is 16.6 Å². The van der Waals surface area contributed by atoms with Crippen LogP contribution in [-0.4, -0.2) is 44.5 Å². The highest BCUT2D eigenvalue weighted by Crippen LogP contribution is 2.41. The lowest BCUT2D eigenvalue weighted by atomic mass is 10.0. The van der Waals surface area contributed by atoms with Gasteiger partial charge < -0.3 is 19.9 Å². The quantitative estimate of drug-likeness (QED) is 0.723. The van der Waals surface area contributed by atoms with E-state index in [2.05, 4.69) is 33.8 Å². The first-order valence-electron chi connectivity index (χ1n) is 7.32. The molecule has 5 nitrogen and oxygen atoms in total. The highest BCUT2D eigenvalue weighted by Gasteiger charge is 2.23. The van der Waals surface area contributed by atoms with Gasteiger partial charge in [0.15, 0.2) is 11.5 Å². The van der Waals surface area contributed by atoms with E-state index in [9.17, 15) is 0 Å². The summed E-state index contributed by atoms with van der Waals surface area (Å²) in [5.41, 5.74) is 7.14. The minimum Gasteiger partial charge on any atom is -0.454 e. The second kappa shape index (κ2) is 7.98. The van der Waals surface area contributed by atoms with Crippen LogP contribution in [0.5, 0.6) is 11.5 Å². The fourth-order valence-electron chi connectivity index (χ4n) is 2.54. The molecule has 0 bridgehead atoms. The van der Waals surface area contributed by atoms with Crippen LogP contribution in [0.4, 0.5) is 0 Å². The maximum atomic E-state index is 6.01. The number of nitrogens with zero attached hydrogens (tertiary/aromatic N) is 1. The summed E-state index contributed by atoms with van der Waals surface area (Å²) >= 11 is 3.54. The summed E-state index contributed by atoms with van der Waals surface area (Å²) in [6, 6.07) is 4.23. The molecule has 1 aliphatic heterocycles. The predicted octanol–water partition coefficient (Wildman–Crippen LogP) is 2.54. The van der Waals surface area contributed by atoms with Gasteiger partial charge in [-0.15, -0.1) is 0 Å². The Bertz CT molecular complexity index is 470. The van der Waals surface area contributed by atoms with Gasteiger partial charge in [0, 0.05) is 25.7 Å². The zero-order valence-electron chi connectivity index (χ0n) is 12.6. The third-order valence-electron chi connectivity index (χ3n) is 3.63. The summed E-state index contributed by atoms with van der Waals surface area (Å²) in [5.74, 6) is 1.55. The number of ether oxygens (including phenoxy) is 3. The van der Waals surface area contributed by atoms with Crippen molar-refractivity contribution in [3.63, 3.8) is 0 Å². The molecular weight excluding hydrogens is 336 g/mol. The molecule has 1 unspecified atom stereocenters. The smallest absolute Gasteiger partial charge is 0.231 e. The lowest BCUT2D eigenvalue weighted by molar-refractivity contribution is 0.0980. The molecule has 1 atom stereocenters. The van der Waals surface area contributed by atoms with Crippen molar-refractivity contribution >= 4 is 15.9 Å². The highest BCUT2D eigenvalue weighted by molar-refractivity contribution is 9.10. The first-order chi connectivity index (χ1) is 10.2. The molecule has 0 amide bonds. The Kier molecular flexibility index (Phi) is 6.29. The predicted molar refractivity (Wildman–Crippen MR) is 85.8 cm³/mol. The van der Waals surface area contributed by atoms with Crippen LogP contribution >= 0.6 is 15.9 Å². The molecule has 0 aliphatic carbocycles. The zero-order valence-corrected chi connectivity index (χ0v) is 14.2. The van der Waals surface area contributed by atoms with Gasteiger partial charge in [0.25, 0.3) is 0 Å². The monoisotopic (exact) mass is 358 g/mol. The van der Waals surface area contributed by atoms with E-state index in [4.69, 9.17) is 19.9 Å². The summed E-state index contributed by atoms with van der Waals surface area (Å²) < 4.78 is 17.3. The zero-order chi connectivity index (χ0) is 15.2. The molecule has 0 fully saturated rings. The first-order valence-corrected chi connectivity index (χ1v) is 8.11. The Labute approximate surface area is 134 Å². The second-order valence-corrected chi connectivity index (χ2v) is 5.67. The van der Waals surface area contributed by atoms with Gasteiger partial charge in [-0.2, -0.15) is 0 Å². The molecular formula is C15H23BrN2O3. The summed E-state index contributed by atoms with van der Waals surface area (Å²) in [6.45, 7) is 8.19. The standard InChI is InChI=1S/C15H23BrN2O3/c1-3-18(5-6-19-4-2)13(9-17)11-7-12(16)15-14(8-11)20-10-21-15/h7-8,13H,3-6,9-10,17H2,1-2H3. The Morgan fingerprint density at radius 1 is 1.38 bits per heavy atom. The van der Waals surface area contributed by atoms with Crippen LogP contribution in [0.25, 0.3) is 0 Å². The summed E-state index contributed by atoms with van der Waals surface area (Å²) in [7, 11) is 0. The Hall–Kier alpha value is -0.820. The van der Waals surface area contributed by atoms with Gasteiger partial charge in [-0.05, 0) is 47.1 Å². The number of fused-ring (bicyclic) bond motifs is 1. The van der Waals surface area contributed by atoms with Gasteiger partial charge in [-0.25, -0.2) is 0 Å². The van der Waals surface area contributed by atoms with E-state index in [1.165, 1.54) is 0 Å². The van der Waals surface area contributed by atoms with Crippen LogP contribution < -0.4 is 15.2 Å². The molecule has 0 saturated carbocycles. The minimum absolute atomic E-state index is 0.140. The molecule has 0 radical (unpaired) electrons. The van der Waals surface area contributed by atoms with Crippen LogP contribution in [-0.2, 0) is 4.74 Å². The molecule has 6 heteroatoms. The van der Waals surface area contributed by atoms with Crippen molar-refractivity contribution in [3.05, 3.63) is 22.2 Å².